The molecule has 130 valence electrons. The third-order valence-electron chi connectivity index (χ3n) is 3.65. The summed E-state index contributed by atoms with van der Waals surface area (Å²) in [6, 6.07) is 3.64. The number of halogens is 3. The van der Waals surface area contributed by atoms with Gasteiger partial charge in [0, 0.05) is 19.3 Å². The van der Waals surface area contributed by atoms with Gasteiger partial charge in [0.2, 0.25) is 0 Å². The molecule has 0 aliphatic carbocycles. The highest BCUT2D eigenvalue weighted by atomic mass is 32.1. The predicted octanol–water partition coefficient (Wildman–Crippen LogP) is 2.48. The number of rotatable bonds is 5. The average Bonchev–Trinajstić information content (AvgIpc) is 3.09. The zero-order chi connectivity index (χ0) is 17.2. The summed E-state index contributed by atoms with van der Waals surface area (Å²) in [5.41, 5.74) is 0. The summed E-state index contributed by atoms with van der Waals surface area (Å²) < 4.78 is 45.6. The van der Waals surface area contributed by atoms with E-state index >= 15 is 0 Å². The fourth-order valence-electron chi connectivity index (χ4n) is 2.59. The molecule has 1 atom stereocenters. The standard InChI is InChI=1S/C14H16F3N5OS/c15-14(16,17)8-21-9-19-22(13(21)24)10-20-5-3-12(7-20)23-11-2-1-4-18-6-11/h1-2,4,6,9,12H,3,5,7-8,10H2. The van der Waals surface area contributed by atoms with Gasteiger partial charge < -0.3 is 4.74 Å². The number of hydrogen-bond acceptors (Lipinski definition) is 5. The van der Waals surface area contributed by atoms with E-state index < -0.39 is 12.7 Å². The lowest BCUT2D eigenvalue weighted by atomic mass is 10.3. The molecule has 0 N–H and O–H groups in total. The monoisotopic (exact) mass is 359 g/mol. The zero-order valence-electron chi connectivity index (χ0n) is 12.7. The van der Waals surface area contributed by atoms with Gasteiger partial charge in [-0.2, -0.15) is 18.3 Å². The summed E-state index contributed by atoms with van der Waals surface area (Å²) in [7, 11) is 0. The van der Waals surface area contributed by atoms with E-state index in [1.165, 1.54) is 4.68 Å². The highest BCUT2D eigenvalue weighted by Crippen LogP contribution is 2.19. The Morgan fingerprint density at radius 1 is 1.38 bits per heavy atom. The van der Waals surface area contributed by atoms with Crippen LogP contribution in [0.3, 0.4) is 0 Å². The molecule has 3 heterocycles. The molecular weight excluding hydrogens is 343 g/mol. The van der Waals surface area contributed by atoms with Crippen LogP contribution in [0.25, 0.3) is 0 Å². The van der Waals surface area contributed by atoms with Crippen LogP contribution in [0, 0.1) is 4.77 Å². The van der Waals surface area contributed by atoms with E-state index in [9.17, 15) is 13.2 Å². The highest BCUT2D eigenvalue weighted by Gasteiger charge is 2.29. The third kappa shape index (κ3) is 4.32. The van der Waals surface area contributed by atoms with Crippen LogP contribution < -0.4 is 4.74 Å². The number of likely N-dealkylation sites (tertiary alicyclic amines) is 1. The maximum absolute atomic E-state index is 12.5. The minimum atomic E-state index is -4.32. The third-order valence-corrected chi connectivity index (χ3v) is 4.09. The van der Waals surface area contributed by atoms with Crippen molar-refractivity contribution in [2.24, 2.45) is 0 Å². The van der Waals surface area contributed by atoms with Crippen LogP contribution in [0.4, 0.5) is 13.2 Å². The van der Waals surface area contributed by atoms with Gasteiger partial charge >= 0.3 is 6.18 Å². The van der Waals surface area contributed by atoms with Gasteiger partial charge in [0.15, 0.2) is 4.77 Å². The molecule has 0 radical (unpaired) electrons. The molecule has 1 saturated heterocycles. The second-order valence-corrected chi connectivity index (χ2v) is 5.96. The summed E-state index contributed by atoms with van der Waals surface area (Å²) in [6.07, 6.45) is 0.967. The van der Waals surface area contributed by atoms with Crippen molar-refractivity contribution < 1.29 is 17.9 Å². The summed E-state index contributed by atoms with van der Waals surface area (Å²) in [5.74, 6) is 0.704. The number of hydrogen-bond donors (Lipinski definition) is 0. The minimum absolute atomic E-state index is 0.0145. The van der Waals surface area contributed by atoms with Crippen LogP contribution in [0.15, 0.2) is 30.9 Å². The van der Waals surface area contributed by atoms with Crippen molar-refractivity contribution in [1.29, 1.82) is 0 Å². The van der Waals surface area contributed by atoms with Crippen LogP contribution in [0.2, 0.25) is 0 Å². The van der Waals surface area contributed by atoms with E-state index in [2.05, 4.69) is 10.1 Å². The summed E-state index contributed by atoms with van der Waals surface area (Å²) >= 11 is 5.06. The predicted molar refractivity (Wildman–Crippen MR) is 81.9 cm³/mol. The Morgan fingerprint density at radius 3 is 2.92 bits per heavy atom. The Morgan fingerprint density at radius 2 is 2.21 bits per heavy atom. The van der Waals surface area contributed by atoms with Crippen molar-refractivity contribution in [2.45, 2.75) is 31.9 Å². The number of aromatic nitrogens is 4. The van der Waals surface area contributed by atoms with Gasteiger partial charge in [-0.15, -0.1) is 0 Å². The van der Waals surface area contributed by atoms with Gasteiger partial charge in [0.05, 0.1) is 12.9 Å². The molecule has 0 bridgehead atoms. The van der Waals surface area contributed by atoms with Crippen LogP contribution >= 0.6 is 12.2 Å². The molecule has 1 aliphatic heterocycles. The molecule has 0 amide bonds. The van der Waals surface area contributed by atoms with Gasteiger partial charge in [0.1, 0.15) is 24.7 Å². The largest absolute Gasteiger partial charge is 0.487 e. The maximum atomic E-state index is 12.5. The first-order valence-electron chi connectivity index (χ1n) is 7.39. The van der Waals surface area contributed by atoms with E-state index in [1.807, 2.05) is 11.0 Å². The zero-order valence-corrected chi connectivity index (χ0v) is 13.5. The topological polar surface area (TPSA) is 48.1 Å². The van der Waals surface area contributed by atoms with Crippen LogP contribution in [0.1, 0.15) is 6.42 Å². The summed E-state index contributed by atoms with van der Waals surface area (Å²) in [4.78, 5) is 6.04. The van der Waals surface area contributed by atoms with Crippen LogP contribution in [0.5, 0.6) is 5.75 Å². The van der Waals surface area contributed by atoms with Gasteiger partial charge in [-0.05, 0) is 30.8 Å². The lowest BCUT2D eigenvalue weighted by Crippen LogP contribution is -2.28. The van der Waals surface area contributed by atoms with Crippen molar-refractivity contribution in [3.8, 4) is 5.75 Å². The highest BCUT2D eigenvalue weighted by molar-refractivity contribution is 7.71. The van der Waals surface area contributed by atoms with E-state index in [4.69, 9.17) is 17.0 Å². The molecule has 0 aromatic carbocycles. The first-order valence-corrected chi connectivity index (χ1v) is 7.79. The fraction of sp³-hybridized carbons (Fsp3) is 0.500. The molecule has 10 heteroatoms. The fourth-order valence-corrected chi connectivity index (χ4v) is 2.81. The summed E-state index contributed by atoms with van der Waals surface area (Å²) in [5, 5.41) is 3.96. The molecular formula is C14H16F3N5OS. The Kier molecular flexibility index (Phi) is 4.86. The Hall–Kier alpha value is -1.94. The van der Waals surface area contributed by atoms with Gasteiger partial charge in [0.25, 0.3) is 0 Å². The average molecular weight is 359 g/mol. The molecule has 3 rings (SSSR count). The minimum Gasteiger partial charge on any atom is -0.487 e. The van der Waals surface area contributed by atoms with E-state index in [0.29, 0.717) is 19.0 Å². The number of nitrogens with zero attached hydrogens (tertiary/aromatic N) is 5. The Bertz CT molecular complexity index is 730. The van der Waals surface area contributed by atoms with Gasteiger partial charge in [-0.25, -0.2) is 4.68 Å². The van der Waals surface area contributed by atoms with Gasteiger partial charge in [-0.3, -0.25) is 14.5 Å². The Balaban J connectivity index is 1.57. The number of alkyl halides is 3. The molecule has 2 aromatic heterocycles. The lowest BCUT2D eigenvalue weighted by molar-refractivity contribution is -0.141. The second kappa shape index (κ2) is 6.89. The van der Waals surface area contributed by atoms with Crippen LogP contribution in [-0.4, -0.2) is 49.6 Å². The van der Waals surface area contributed by atoms with E-state index in [-0.39, 0.29) is 10.9 Å². The lowest BCUT2D eigenvalue weighted by Gasteiger charge is -2.16. The molecule has 1 fully saturated rings. The maximum Gasteiger partial charge on any atom is 0.406 e. The molecule has 1 aliphatic rings. The molecule has 6 nitrogen and oxygen atoms in total. The molecule has 24 heavy (non-hydrogen) atoms. The normalized spacial score (nSPS) is 18.9. The molecule has 0 saturated carbocycles. The van der Waals surface area contributed by atoms with Gasteiger partial charge in [-0.1, -0.05) is 0 Å². The van der Waals surface area contributed by atoms with E-state index in [1.54, 1.807) is 18.5 Å². The SMILES string of the molecule is FC(F)(F)Cn1cnn(CN2CCC(Oc3cccnc3)C2)c1=S. The smallest absolute Gasteiger partial charge is 0.406 e. The van der Waals surface area contributed by atoms with Crippen LogP contribution in [-0.2, 0) is 13.2 Å². The van der Waals surface area contributed by atoms with Crippen molar-refractivity contribution in [3.63, 3.8) is 0 Å². The molecule has 2 aromatic rings. The van der Waals surface area contributed by atoms with Crippen molar-refractivity contribution in [1.82, 2.24) is 24.2 Å². The first-order chi connectivity index (χ1) is 11.4. The Labute approximate surface area is 141 Å². The first kappa shape index (κ1) is 16.9. The van der Waals surface area contributed by atoms with Crippen molar-refractivity contribution in [3.05, 3.63) is 35.6 Å². The number of ether oxygens (including phenoxy) is 1. The molecule has 1 unspecified atom stereocenters. The quantitative estimate of drug-likeness (QED) is 0.768. The summed E-state index contributed by atoms with van der Waals surface area (Å²) in [6.45, 7) is 0.636. The van der Waals surface area contributed by atoms with E-state index in [0.717, 1.165) is 23.9 Å². The molecule has 0 spiro atoms. The van der Waals surface area contributed by atoms with Crippen molar-refractivity contribution >= 4 is 12.2 Å². The second-order valence-electron chi connectivity index (χ2n) is 5.59. The van der Waals surface area contributed by atoms with Crippen molar-refractivity contribution in [2.75, 3.05) is 13.1 Å². The number of pyridine rings is 1.